The van der Waals surface area contributed by atoms with E-state index in [0.717, 1.165) is 18.4 Å². The van der Waals surface area contributed by atoms with Gasteiger partial charge < -0.3 is 34.7 Å². The molecule has 4 atom stereocenters. The fourth-order valence-corrected chi connectivity index (χ4v) is 6.54. The number of carbonyl (C=O) groups is 1. The Morgan fingerprint density at radius 2 is 1.90 bits per heavy atom. The number of hydrogen-bond donors (Lipinski definition) is 4. The maximum Gasteiger partial charge on any atom is 0.303 e. The normalized spacial score (nSPS) is 25.6. The molecule has 2 heterocycles. The van der Waals surface area contributed by atoms with Crippen LogP contribution in [0.25, 0.3) is 11.2 Å². The average molecular weight is 583 g/mol. The summed E-state index contributed by atoms with van der Waals surface area (Å²) in [5.74, 6) is 1.54. The molecule has 2 saturated carbocycles. The number of aliphatic hydroxyl groups excluding tert-OH is 2. The van der Waals surface area contributed by atoms with Crippen LogP contribution in [0.4, 0.5) is 5.82 Å². The van der Waals surface area contributed by atoms with Crippen molar-refractivity contribution in [2.45, 2.75) is 82.8 Å². The Bertz CT molecular complexity index is 1380. The van der Waals surface area contributed by atoms with Gasteiger partial charge in [-0.15, -0.1) is 0 Å². The number of aromatic nitrogens is 4. The minimum atomic E-state index is -0.957. The molecule has 0 amide bonds. The van der Waals surface area contributed by atoms with E-state index in [0.29, 0.717) is 66.4 Å². The molecule has 2 fully saturated rings. The van der Waals surface area contributed by atoms with Crippen molar-refractivity contribution in [1.82, 2.24) is 24.4 Å². The summed E-state index contributed by atoms with van der Waals surface area (Å²) in [5, 5.41) is 34.6. The summed E-state index contributed by atoms with van der Waals surface area (Å²) in [6.07, 6.45) is 4.76. The number of methoxy groups -OCH3 is 2. The van der Waals surface area contributed by atoms with E-state index in [1.165, 1.54) is 6.33 Å². The van der Waals surface area contributed by atoms with E-state index >= 15 is 0 Å². The van der Waals surface area contributed by atoms with Crippen molar-refractivity contribution in [3.63, 3.8) is 0 Å². The number of hydrogen-bond acceptors (Lipinski definition) is 10. The van der Waals surface area contributed by atoms with Crippen molar-refractivity contribution < 1.29 is 29.6 Å². The minimum absolute atomic E-state index is 0.120. The van der Waals surface area contributed by atoms with Gasteiger partial charge in [-0.1, -0.05) is 0 Å². The summed E-state index contributed by atoms with van der Waals surface area (Å²) in [6.45, 7) is 5.41. The Kier molecular flexibility index (Phi) is 9.14. The van der Waals surface area contributed by atoms with Crippen molar-refractivity contribution in [1.29, 1.82) is 0 Å². The number of benzene rings is 1. The Morgan fingerprint density at radius 1 is 1.12 bits per heavy atom. The predicted octanol–water partition coefficient (Wildman–Crippen LogP) is 3.09. The van der Waals surface area contributed by atoms with Crippen LogP contribution >= 0.6 is 0 Å². The Morgan fingerprint density at radius 3 is 2.60 bits per heavy atom. The number of ether oxygens (including phenoxy) is 2. The van der Waals surface area contributed by atoms with Crippen LogP contribution in [-0.2, 0) is 11.3 Å². The van der Waals surface area contributed by atoms with Crippen LogP contribution in [0.15, 0.2) is 30.9 Å². The topological polar surface area (TPSA) is 155 Å². The van der Waals surface area contributed by atoms with E-state index in [1.54, 1.807) is 20.5 Å². The molecule has 0 bridgehead atoms. The maximum absolute atomic E-state index is 11.2. The molecule has 42 heavy (non-hydrogen) atoms. The molecule has 228 valence electrons. The molecular formula is C30H42N6O6. The molecule has 12 nitrogen and oxygen atoms in total. The van der Waals surface area contributed by atoms with Crippen LogP contribution in [0.3, 0.4) is 0 Å². The first-order valence-electron chi connectivity index (χ1n) is 14.7. The van der Waals surface area contributed by atoms with Crippen molar-refractivity contribution in [2.75, 3.05) is 26.1 Å². The first kappa shape index (κ1) is 30.0. The van der Waals surface area contributed by atoms with Gasteiger partial charge in [0.2, 0.25) is 0 Å². The zero-order valence-electron chi connectivity index (χ0n) is 24.7. The summed E-state index contributed by atoms with van der Waals surface area (Å²) in [6, 6.07) is 5.89. The number of aliphatic hydroxyl groups is 2. The van der Waals surface area contributed by atoms with Crippen molar-refractivity contribution in [2.24, 2.45) is 11.8 Å². The molecule has 1 aromatic carbocycles. The molecule has 0 aliphatic heterocycles. The summed E-state index contributed by atoms with van der Waals surface area (Å²) in [5.41, 5.74) is 2.10. The monoisotopic (exact) mass is 582 g/mol. The second-order valence-corrected chi connectivity index (χ2v) is 11.8. The maximum atomic E-state index is 11.2. The van der Waals surface area contributed by atoms with E-state index in [1.807, 2.05) is 22.8 Å². The number of rotatable bonds is 13. The number of nitrogens with zero attached hydrogens (tertiary/aromatic N) is 5. The third-order valence-corrected chi connectivity index (χ3v) is 8.98. The highest BCUT2D eigenvalue weighted by Gasteiger charge is 2.45. The molecule has 2 aromatic heterocycles. The van der Waals surface area contributed by atoms with Crippen molar-refractivity contribution >= 4 is 23.0 Å². The van der Waals surface area contributed by atoms with Gasteiger partial charge in [-0.25, -0.2) is 15.0 Å². The SMILES string of the molecule is COc1ccc(CNc2ncnc3c2ncn3C2CC(CN(C(C)C)C3CC(CCC(=O)O)C3)C(O)C2O)c(OC)c1. The van der Waals surface area contributed by atoms with Gasteiger partial charge in [0.1, 0.15) is 29.4 Å². The molecular weight excluding hydrogens is 540 g/mol. The number of carboxylic acid groups (broad SMARTS) is 1. The molecule has 0 spiro atoms. The van der Waals surface area contributed by atoms with Crippen LogP contribution in [0.2, 0.25) is 0 Å². The van der Waals surface area contributed by atoms with Gasteiger partial charge in [-0.2, -0.15) is 0 Å². The standard InChI is InChI=1S/C30H42N6O6/c1-17(2)35(21-9-18(10-21)5-8-25(37)38)14-20-11-23(28(40)27(20)39)36-16-34-26-29(32-15-33-30(26)36)31-13-19-6-7-22(41-3)12-24(19)42-4/h6-7,12,15-18,20-21,23,27-28,39-40H,5,8-11,13-14H2,1-4H3,(H,37,38)(H,31,32,33). The molecule has 5 rings (SSSR count). The molecule has 0 saturated heterocycles. The average Bonchev–Trinajstić information content (AvgIpc) is 3.50. The smallest absolute Gasteiger partial charge is 0.303 e. The van der Waals surface area contributed by atoms with E-state index in [4.69, 9.17) is 14.6 Å². The molecule has 3 aromatic rings. The fraction of sp³-hybridized carbons (Fsp3) is 0.600. The molecule has 2 aliphatic rings. The molecule has 12 heteroatoms. The molecule has 2 aliphatic carbocycles. The largest absolute Gasteiger partial charge is 0.497 e. The first-order chi connectivity index (χ1) is 20.2. The third kappa shape index (κ3) is 6.16. The second-order valence-electron chi connectivity index (χ2n) is 11.8. The Balaban J connectivity index is 1.27. The highest BCUT2D eigenvalue weighted by atomic mass is 16.5. The van der Waals surface area contributed by atoms with Gasteiger partial charge in [0.05, 0.1) is 32.7 Å². The van der Waals surface area contributed by atoms with Crippen LogP contribution in [0, 0.1) is 11.8 Å². The lowest BCUT2D eigenvalue weighted by Gasteiger charge is -2.46. The van der Waals surface area contributed by atoms with E-state index in [-0.39, 0.29) is 24.4 Å². The fourth-order valence-electron chi connectivity index (χ4n) is 6.54. The molecule has 4 N–H and O–H groups in total. The summed E-state index contributed by atoms with van der Waals surface area (Å²) in [7, 11) is 3.22. The van der Waals surface area contributed by atoms with Gasteiger partial charge in [-0.05, 0) is 57.6 Å². The highest BCUT2D eigenvalue weighted by molar-refractivity contribution is 5.82. The van der Waals surface area contributed by atoms with Crippen molar-refractivity contribution in [3.8, 4) is 11.5 Å². The van der Waals surface area contributed by atoms with Gasteiger partial charge in [-0.3, -0.25) is 9.69 Å². The van der Waals surface area contributed by atoms with Gasteiger partial charge in [0.15, 0.2) is 11.5 Å². The molecule has 0 radical (unpaired) electrons. The van der Waals surface area contributed by atoms with Gasteiger partial charge in [0, 0.05) is 49.1 Å². The number of anilines is 1. The summed E-state index contributed by atoms with van der Waals surface area (Å²) >= 11 is 0. The predicted molar refractivity (Wildman–Crippen MR) is 157 cm³/mol. The highest BCUT2D eigenvalue weighted by Crippen LogP contribution is 2.41. The van der Waals surface area contributed by atoms with Gasteiger partial charge in [0.25, 0.3) is 0 Å². The van der Waals surface area contributed by atoms with E-state index in [2.05, 4.69) is 39.0 Å². The number of carboxylic acids is 1. The van der Waals surface area contributed by atoms with Crippen LogP contribution < -0.4 is 14.8 Å². The van der Waals surface area contributed by atoms with Crippen molar-refractivity contribution in [3.05, 3.63) is 36.4 Å². The second kappa shape index (κ2) is 12.8. The lowest BCUT2D eigenvalue weighted by Crippen LogP contribution is -2.51. The number of fused-ring (bicyclic) bond motifs is 1. The zero-order chi connectivity index (χ0) is 30.0. The lowest BCUT2D eigenvalue weighted by atomic mass is 9.76. The summed E-state index contributed by atoms with van der Waals surface area (Å²) in [4.78, 5) is 26.8. The summed E-state index contributed by atoms with van der Waals surface area (Å²) < 4.78 is 12.7. The lowest BCUT2D eigenvalue weighted by molar-refractivity contribution is -0.137. The number of aliphatic carboxylic acids is 1. The first-order valence-corrected chi connectivity index (χ1v) is 14.7. The number of nitrogens with one attached hydrogen (secondary N) is 1. The van der Waals surface area contributed by atoms with E-state index < -0.39 is 18.2 Å². The Labute approximate surface area is 245 Å². The van der Waals surface area contributed by atoms with Crippen LogP contribution in [0.1, 0.15) is 57.6 Å². The van der Waals surface area contributed by atoms with E-state index in [9.17, 15) is 15.0 Å². The Hall–Kier alpha value is -3.48. The minimum Gasteiger partial charge on any atom is -0.497 e. The molecule has 4 unspecified atom stereocenters. The zero-order valence-corrected chi connectivity index (χ0v) is 24.7. The number of imidazole rings is 1. The van der Waals surface area contributed by atoms with Gasteiger partial charge >= 0.3 is 5.97 Å². The van der Waals surface area contributed by atoms with Crippen LogP contribution in [-0.4, -0.2) is 90.8 Å². The third-order valence-electron chi connectivity index (χ3n) is 8.98. The van der Waals surface area contributed by atoms with Crippen LogP contribution in [0.5, 0.6) is 11.5 Å². The quantitative estimate of drug-likeness (QED) is 0.235.